The Bertz CT molecular complexity index is 845. The van der Waals surface area contributed by atoms with Gasteiger partial charge in [-0.25, -0.2) is 16.8 Å². The van der Waals surface area contributed by atoms with E-state index in [0.29, 0.717) is 5.56 Å². The molecule has 10 heteroatoms. The maximum atomic E-state index is 12.6. The maximum absolute atomic E-state index is 12.6. The number of hydrogen-bond donors (Lipinski definition) is 2. The van der Waals surface area contributed by atoms with Gasteiger partial charge in [0.25, 0.3) is 0 Å². The molecule has 0 aliphatic rings. The third-order valence-corrected chi connectivity index (χ3v) is 7.05. The molecule has 0 saturated heterocycles. The summed E-state index contributed by atoms with van der Waals surface area (Å²) in [6, 6.07) is 1.37. The van der Waals surface area contributed by atoms with Crippen LogP contribution in [0.25, 0.3) is 0 Å². The summed E-state index contributed by atoms with van der Waals surface area (Å²) in [5, 5.41) is 9.23. The number of carbonyl (C=O) groups is 1. The lowest BCUT2D eigenvalue weighted by Gasteiger charge is -2.17. The molecule has 0 saturated carbocycles. The van der Waals surface area contributed by atoms with Crippen LogP contribution in [0.4, 0.5) is 0 Å². The predicted octanol–water partition coefficient (Wildman–Crippen LogP) is 0.868. The van der Waals surface area contributed by atoms with Crippen LogP contribution in [0, 0.1) is 13.8 Å². The molecular weight excluding hydrogens is 370 g/mol. The van der Waals surface area contributed by atoms with Crippen molar-refractivity contribution >= 4 is 25.8 Å². The van der Waals surface area contributed by atoms with Crippen molar-refractivity contribution in [2.24, 2.45) is 0 Å². The summed E-state index contributed by atoms with van der Waals surface area (Å²) in [5.41, 5.74) is 1.52. The normalized spacial score (nSPS) is 13.4. The highest BCUT2D eigenvalue weighted by molar-refractivity contribution is 7.91. The number of aryl methyl sites for hydroxylation is 2. The van der Waals surface area contributed by atoms with Crippen LogP contribution in [0.15, 0.2) is 17.0 Å². The number of rotatable bonds is 9. The van der Waals surface area contributed by atoms with E-state index in [4.69, 9.17) is 4.74 Å². The minimum Gasteiger partial charge on any atom is -0.495 e. The summed E-state index contributed by atoms with van der Waals surface area (Å²) in [6.45, 7) is 4.95. The highest BCUT2D eigenvalue weighted by Crippen LogP contribution is 2.27. The summed E-state index contributed by atoms with van der Waals surface area (Å²) < 4.78 is 55.4. The van der Waals surface area contributed by atoms with E-state index in [0.717, 1.165) is 5.56 Å². The van der Waals surface area contributed by atoms with E-state index in [-0.39, 0.29) is 22.8 Å². The molecule has 142 valence electrons. The number of sulfonamides is 1. The minimum absolute atomic E-state index is 0.0842. The third-order valence-electron chi connectivity index (χ3n) is 3.82. The van der Waals surface area contributed by atoms with Gasteiger partial charge < -0.3 is 9.84 Å². The zero-order chi connectivity index (χ0) is 19.4. The van der Waals surface area contributed by atoms with E-state index in [1.807, 2.05) is 0 Å². The van der Waals surface area contributed by atoms with E-state index in [1.165, 1.54) is 20.1 Å². The van der Waals surface area contributed by atoms with Crippen LogP contribution in [0.1, 0.15) is 24.5 Å². The first-order valence-electron chi connectivity index (χ1n) is 7.54. The molecule has 1 atom stereocenters. The summed E-state index contributed by atoms with van der Waals surface area (Å²) >= 11 is 0. The molecule has 1 unspecified atom stereocenters. The molecule has 0 radical (unpaired) electrons. The molecule has 0 spiro atoms. The molecule has 0 amide bonds. The van der Waals surface area contributed by atoms with E-state index in [1.54, 1.807) is 19.9 Å². The monoisotopic (exact) mass is 393 g/mol. The van der Waals surface area contributed by atoms with Crippen molar-refractivity contribution in [2.75, 3.05) is 18.6 Å². The molecule has 25 heavy (non-hydrogen) atoms. The summed E-state index contributed by atoms with van der Waals surface area (Å²) in [7, 11) is -6.32. The van der Waals surface area contributed by atoms with Crippen molar-refractivity contribution in [2.45, 2.75) is 38.1 Å². The summed E-state index contributed by atoms with van der Waals surface area (Å²) in [6.07, 6.45) is -0.363. The van der Waals surface area contributed by atoms with Gasteiger partial charge in [-0.1, -0.05) is 6.92 Å². The number of ether oxygens (including phenoxy) is 1. The Hall–Kier alpha value is -1.65. The lowest BCUT2D eigenvalue weighted by molar-refractivity contribution is -0.139. The third kappa shape index (κ3) is 5.68. The molecule has 0 aliphatic heterocycles. The number of nitrogens with one attached hydrogen (secondary N) is 1. The average molecular weight is 393 g/mol. The largest absolute Gasteiger partial charge is 0.495 e. The maximum Gasteiger partial charge on any atom is 0.321 e. The molecule has 0 aromatic heterocycles. The molecule has 0 bridgehead atoms. The van der Waals surface area contributed by atoms with Crippen molar-refractivity contribution in [3.63, 3.8) is 0 Å². The zero-order valence-electron chi connectivity index (χ0n) is 14.6. The summed E-state index contributed by atoms with van der Waals surface area (Å²) in [5.74, 6) is -1.93. The second kappa shape index (κ2) is 8.15. The van der Waals surface area contributed by atoms with Gasteiger partial charge >= 0.3 is 5.97 Å². The molecule has 0 fully saturated rings. The van der Waals surface area contributed by atoms with Crippen LogP contribution in [0.2, 0.25) is 0 Å². The first kappa shape index (κ1) is 21.4. The number of methoxy groups -OCH3 is 1. The van der Waals surface area contributed by atoms with E-state index in [9.17, 15) is 26.7 Å². The van der Waals surface area contributed by atoms with Crippen LogP contribution < -0.4 is 9.46 Å². The first-order valence-corrected chi connectivity index (χ1v) is 10.8. The first-order chi connectivity index (χ1) is 11.4. The fraction of sp³-hybridized carbons (Fsp3) is 0.533. The Kier molecular flexibility index (Phi) is 6.98. The molecule has 1 aromatic rings. The number of benzene rings is 1. The molecule has 1 rings (SSSR count). The van der Waals surface area contributed by atoms with Gasteiger partial charge in [0.15, 0.2) is 0 Å². The molecule has 8 nitrogen and oxygen atoms in total. The Morgan fingerprint density at radius 1 is 1.20 bits per heavy atom. The zero-order valence-corrected chi connectivity index (χ0v) is 16.2. The number of carboxylic acid groups (broad SMARTS) is 1. The molecule has 0 aliphatic carbocycles. The number of carboxylic acids is 1. The van der Waals surface area contributed by atoms with Crippen LogP contribution >= 0.6 is 0 Å². The summed E-state index contributed by atoms with van der Waals surface area (Å²) in [4.78, 5) is 11.1. The molecule has 0 heterocycles. The fourth-order valence-corrected chi connectivity index (χ4v) is 4.40. The van der Waals surface area contributed by atoms with Gasteiger partial charge in [-0.15, -0.1) is 0 Å². The fourth-order valence-electron chi connectivity index (χ4n) is 2.06. The van der Waals surface area contributed by atoms with Gasteiger partial charge in [0, 0.05) is 5.75 Å². The predicted molar refractivity (Wildman–Crippen MR) is 93.2 cm³/mol. The van der Waals surface area contributed by atoms with Gasteiger partial charge in [-0.3, -0.25) is 4.79 Å². The molecule has 1 aromatic carbocycles. The van der Waals surface area contributed by atoms with Crippen LogP contribution in [-0.2, 0) is 24.7 Å². The van der Waals surface area contributed by atoms with E-state index < -0.39 is 37.6 Å². The van der Waals surface area contributed by atoms with Crippen LogP contribution in [0.3, 0.4) is 0 Å². The number of aliphatic carboxylic acids is 1. The van der Waals surface area contributed by atoms with Crippen molar-refractivity contribution in [1.29, 1.82) is 0 Å². The number of hydrogen-bond acceptors (Lipinski definition) is 6. The quantitative estimate of drug-likeness (QED) is 0.637. The molecular formula is C15H23NO7S2. The van der Waals surface area contributed by atoms with Crippen molar-refractivity contribution in [3.05, 3.63) is 23.3 Å². The Morgan fingerprint density at radius 2 is 1.76 bits per heavy atom. The number of sulfone groups is 1. The van der Waals surface area contributed by atoms with Crippen LogP contribution in [-0.4, -0.2) is 52.6 Å². The van der Waals surface area contributed by atoms with Crippen molar-refractivity contribution < 1.29 is 31.5 Å². The van der Waals surface area contributed by atoms with E-state index in [2.05, 4.69) is 4.72 Å². The van der Waals surface area contributed by atoms with Crippen molar-refractivity contribution in [1.82, 2.24) is 4.72 Å². The van der Waals surface area contributed by atoms with Gasteiger partial charge in [0.1, 0.15) is 26.5 Å². The molecule has 2 N–H and O–H groups in total. The lowest BCUT2D eigenvalue weighted by Crippen LogP contribution is -2.42. The topological polar surface area (TPSA) is 127 Å². The Morgan fingerprint density at radius 3 is 2.24 bits per heavy atom. The highest BCUT2D eigenvalue weighted by Gasteiger charge is 2.29. The van der Waals surface area contributed by atoms with E-state index >= 15 is 0 Å². The van der Waals surface area contributed by atoms with Gasteiger partial charge in [-0.05, 0) is 43.5 Å². The SMILES string of the molecule is CCS(=O)(=O)CCC(NS(=O)(=O)c1cc(C)c(C)cc1OC)C(=O)O. The Labute approximate surface area is 148 Å². The smallest absolute Gasteiger partial charge is 0.321 e. The minimum atomic E-state index is -4.21. The second-order valence-electron chi connectivity index (χ2n) is 5.62. The highest BCUT2D eigenvalue weighted by atomic mass is 32.2. The van der Waals surface area contributed by atoms with Gasteiger partial charge in [0.2, 0.25) is 10.0 Å². The lowest BCUT2D eigenvalue weighted by atomic mass is 10.1. The standard InChI is InChI=1S/C15H23NO7S2/c1-5-24(19,20)7-6-12(15(17)18)16-25(21,22)14-9-11(3)10(2)8-13(14)23-4/h8-9,12,16H,5-7H2,1-4H3,(H,17,18). The Balaban J connectivity index is 3.16. The van der Waals surface area contributed by atoms with Gasteiger partial charge in [-0.2, -0.15) is 4.72 Å². The van der Waals surface area contributed by atoms with Gasteiger partial charge in [0.05, 0.1) is 12.9 Å². The van der Waals surface area contributed by atoms with Crippen LogP contribution in [0.5, 0.6) is 5.75 Å². The van der Waals surface area contributed by atoms with Crippen molar-refractivity contribution in [3.8, 4) is 5.75 Å². The average Bonchev–Trinajstić information content (AvgIpc) is 2.53. The second-order valence-corrected chi connectivity index (χ2v) is 9.78.